The topological polar surface area (TPSA) is 110 Å². The number of rotatable bonds is 4. The lowest BCUT2D eigenvalue weighted by atomic mass is 9.95. The Bertz CT molecular complexity index is 1010. The summed E-state index contributed by atoms with van der Waals surface area (Å²) < 4.78 is 0. The molecule has 0 spiro atoms. The highest BCUT2D eigenvalue weighted by atomic mass is 16.2. The van der Waals surface area contributed by atoms with Gasteiger partial charge in [-0.2, -0.15) is 0 Å². The van der Waals surface area contributed by atoms with Gasteiger partial charge in [-0.3, -0.25) is 29.4 Å². The summed E-state index contributed by atoms with van der Waals surface area (Å²) in [5.74, 6) is -2.02. The number of imide groups is 2. The van der Waals surface area contributed by atoms with Gasteiger partial charge in [0.05, 0.1) is 11.1 Å². The van der Waals surface area contributed by atoms with E-state index in [-0.39, 0.29) is 18.4 Å². The molecular formula is C21H19N3O4. The van der Waals surface area contributed by atoms with Crippen LogP contribution in [-0.2, 0) is 16.0 Å². The highest BCUT2D eigenvalue weighted by Crippen LogP contribution is 2.35. The standard InChI is InChI=1S/C21H19N3O4/c22-10-9-12-3-1-4-13(11-12)14-5-2-6-15-18(14)21(28)24(20(15)27)16-7-8-17(25)23-19(16)26/h1-6,11,16H,7-10,22H2,(H,23,25,26). The van der Waals surface area contributed by atoms with E-state index in [4.69, 9.17) is 5.73 Å². The Kier molecular flexibility index (Phi) is 4.52. The summed E-state index contributed by atoms with van der Waals surface area (Å²) in [4.78, 5) is 50.7. The number of hydrogen-bond donors (Lipinski definition) is 2. The van der Waals surface area contributed by atoms with Gasteiger partial charge in [-0.15, -0.1) is 0 Å². The number of carbonyl (C=O) groups excluding carboxylic acids is 4. The van der Waals surface area contributed by atoms with Crippen molar-refractivity contribution in [2.24, 2.45) is 5.73 Å². The van der Waals surface area contributed by atoms with Crippen molar-refractivity contribution in [2.45, 2.75) is 25.3 Å². The molecule has 4 rings (SSSR count). The molecule has 2 heterocycles. The van der Waals surface area contributed by atoms with Gasteiger partial charge in [0.2, 0.25) is 11.8 Å². The molecule has 1 atom stereocenters. The van der Waals surface area contributed by atoms with Crippen LogP contribution in [0, 0.1) is 0 Å². The zero-order valence-corrected chi connectivity index (χ0v) is 15.1. The van der Waals surface area contributed by atoms with Crippen molar-refractivity contribution in [3.05, 3.63) is 59.2 Å². The fourth-order valence-corrected chi connectivity index (χ4v) is 3.82. The van der Waals surface area contributed by atoms with E-state index >= 15 is 0 Å². The molecule has 1 unspecified atom stereocenters. The van der Waals surface area contributed by atoms with E-state index in [1.807, 2.05) is 24.3 Å². The lowest BCUT2D eigenvalue weighted by Gasteiger charge is -2.27. The fourth-order valence-electron chi connectivity index (χ4n) is 3.82. The molecule has 2 aliphatic rings. The average Bonchev–Trinajstić information content (AvgIpc) is 2.94. The van der Waals surface area contributed by atoms with Gasteiger partial charge in [-0.1, -0.05) is 36.4 Å². The second kappa shape index (κ2) is 7.01. The average molecular weight is 377 g/mol. The largest absolute Gasteiger partial charge is 0.330 e. The third kappa shape index (κ3) is 2.90. The minimum absolute atomic E-state index is 0.0950. The number of amides is 4. The minimum Gasteiger partial charge on any atom is -0.330 e. The van der Waals surface area contributed by atoms with Gasteiger partial charge < -0.3 is 5.73 Å². The lowest BCUT2D eigenvalue weighted by molar-refractivity contribution is -0.136. The SMILES string of the molecule is NCCc1cccc(-c2cccc3c2C(=O)N(C2CCC(=O)NC2=O)C3=O)c1. The first-order valence-corrected chi connectivity index (χ1v) is 9.15. The number of nitrogens with zero attached hydrogens (tertiary/aromatic N) is 1. The van der Waals surface area contributed by atoms with Crippen molar-refractivity contribution >= 4 is 23.6 Å². The monoisotopic (exact) mass is 377 g/mol. The Morgan fingerprint density at radius 1 is 1.00 bits per heavy atom. The van der Waals surface area contributed by atoms with E-state index in [1.54, 1.807) is 18.2 Å². The predicted molar refractivity (Wildman–Crippen MR) is 101 cm³/mol. The van der Waals surface area contributed by atoms with Crippen LogP contribution in [0.5, 0.6) is 0 Å². The normalized spacial score (nSPS) is 19.0. The Morgan fingerprint density at radius 2 is 1.75 bits per heavy atom. The zero-order chi connectivity index (χ0) is 19.8. The number of nitrogens with one attached hydrogen (secondary N) is 1. The molecule has 2 aliphatic heterocycles. The second-order valence-electron chi connectivity index (χ2n) is 6.91. The maximum Gasteiger partial charge on any atom is 0.262 e. The van der Waals surface area contributed by atoms with Crippen molar-refractivity contribution in [1.82, 2.24) is 10.2 Å². The van der Waals surface area contributed by atoms with Gasteiger partial charge in [0.15, 0.2) is 0 Å². The van der Waals surface area contributed by atoms with Crippen LogP contribution in [0.3, 0.4) is 0 Å². The summed E-state index contributed by atoms with van der Waals surface area (Å²) in [6, 6.07) is 11.8. The third-order valence-electron chi connectivity index (χ3n) is 5.14. The smallest absolute Gasteiger partial charge is 0.262 e. The molecule has 2 aromatic carbocycles. The summed E-state index contributed by atoms with van der Waals surface area (Å²) >= 11 is 0. The van der Waals surface area contributed by atoms with E-state index in [1.165, 1.54) is 0 Å². The van der Waals surface area contributed by atoms with Gasteiger partial charge in [-0.25, -0.2) is 0 Å². The molecule has 142 valence electrons. The van der Waals surface area contributed by atoms with Crippen LogP contribution >= 0.6 is 0 Å². The molecule has 2 aromatic rings. The van der Waals surface area contributed by atoms with Crippen molar-refractivity contribution in [2.75, 3.05) is 6.54 Å². The highest BCUT2D eigenvalue weighted by molar-refractivity contribution is 6.25. The molecule has 0 aromatic heterocycles. The first-order valence-electron chi connectivity index (χ1n) is 9.15. The van der Waals surface area contributed by atoms with Crippen molar-refractivity contribution in [3.63, 3.8) is 0 Å². The van der Waals surface area contributed by atoms with E-state index in [0.717, 1.165) is 16.0 Å². The molecule has 0 saturated carbocycles. The molecule has 0 radical (unpaired) electrons. The van der Waals surface area contributed by atoms with Crippen LogP contribution in [0.4, 0.5) is 0 Å². The van der Waals surface area contributed by atoms with E-state index in [0.29, 0.717) is 24.1 Å². The summed E-state index contributed by atoms with van der Waals surface area (Å²) in [5.41, 5.74) is 8.70. The van der Waals surface area contributed by atoms with E-state index < -0.39 is 29.7 Å². The Hall–Kier alpha value is -3.32. The quantitative estimate of drug-likeness (QED) is 0.780. The molecule has 28 heavy (non-hydrogen) atoms. The molecule has 7 nitrogen and oxygen atoms in total. The van der Waals surface area contributed by atoms with E-state index in [2.05, 4.69) is 5.32 Å². The number of nitrogens with two attached hydrogens (primary N) is 1. The van der Waals surface area contributed by atoms with Crippen LogP contribution in [0.15, 0.2) is 42.5 Å². The van der Waals surface area contributed by atoms with Gasteiger partial charge in [0.1, 0.15) is 6.04 Å². The molecule has 1 saturated heterocycles. The number of benzene rings is 2. The number of carbonyl (C=O) groups is 4. The van der Waals surface area contributed by atoms with Gasteiger partial charge in [0.25, 0.3) is 11.8 Å². The second-order valence-corrected chi connectivity index (χ2v) is 6.91. The molecular weight excluding hydrogens is 358 g/mol. The summed E-state index contributed by atoms with van der Waals surface area (Å²) in [6.45, 7) is 0.511. The van der Waals surface area contributed by atoms with Gasteiger partial charge >= 0.3 is 0 Å². The predicted octanol–water partition coefficient (Wildman–Crippen LogP) is 1.26. The Balaban J connectivity index is 1.75. The first-order chi connectivity index (χ1) is 13.5. The summed E-state index contributed by atoms with van der Waals surface area (Å²) in [5, 5.41) is 2.21. The fraction of sp³-hybridized carbons (Fsp3) is 0.238. The maximum atomic E-state index is 13.2. The zero-order valence-electron chi connectivity index (χ0n) is 15.1. The molecule has 1 fully saturated rings. The van der Waals surface area contributed by atoms with Crippen LogP contribution < -0.4 is 11.1 Å². The maximum absolute atomic E-state index is 13.2. The van der Waals surface area contributed by atoms with Crippen LogP contribution in [0.2, 0.25) is 0 Å². The number of piperidine rings is 1. The van der Waals surface area contributed by atoms with Gasteiger partial charge in [0, 0.05) is 6.42 Å². The molecule has 0 bridgehead atoms. The van der Waals surface area contributed by atoms with Crippen molar-refractivity contribution < 1.29 is 19.2 Å². The third-order valence-corrected chi connectivity index (χ3v) is 5.14. The number of fused-ring (bicyclic) bond motifs is 1. The van der Waals surface area contributed by atoms with Crippen LogP contribution in [0.25, 0.3) is 11.1 Å². The Labute approximate surface area is 161 Å². The molecule has 7 heteroatoms. The van der Waals surface area contributed by atoms with Gasteiger partial charge in [-0.05, 0) is 42.1 Å². The van der Waals surface area contributed by atoms with Crippen LogP contribution in [-0.4, -0.2) is 41.1 Å². The minimum atomic E-state index is -0.971. The summed E-state index contributed by atoms with van der Waals surface area (Å²) in [6.07, 6.45) is 0.938. The number of hydrogen-bond acceptors (Lipinski definition) is 5. The molecule has 0 aliphatic carbocycles. The summed E-state index contributed by atoms with van der Waals surface area (Å²) in [7, 11) is 0. The van der Waals surface area contributed by atoms with Crippen molar-refractivity contribution in [3.8, 4) is 11.1 Å². The first kappa shape index (κ1) is 18.1. The lowest BCUT2D eigenvalue weighted by Crippen LogP contribution is -2.54. The van der Waals surface area contributed by atoms with E-state index in [9.17, 15) is 19.2 Å². The molecule has 4 amide bonds. The highest BCUT2D eigenvalue weighted by Gasteiger charge is 2.45. The Morgan fingerprint density at radius 3 is 2.50 bits per heavy atom. The molecule has 3 N–H and O–H groups in total. The van der Waals surface area contributed by atoms with Crippen LogP contribution in [0.1, 0.15) is 39.1 Å². The van der Waals surface area contributed by atoms with Crippen molar-refractivity contribution in [1.29, 1.82) is 0 Å².